The molecule has 2 nitrogen and oxygen atoms in total. The molecule has 1 aliphatic carbocycles. The number of alkyl halides is 1. The summed E-state index contributed by atoms with van der Waals surface area (Å²) >= 11 is 0. The number of rotatable bonds is 4. The maximum atomic E-state index is 15.3. The molecule has 2 rings (SSSR count). The van der Waals surface area contributed by atoms with Crippen LogP contribution in [0.25, 0.3) is 0 Å². The SMILES string of the molecule is Cc1cc(C)c(C(N=O)(C2=CCCCC2)C(C)(C)F)cc1C. The Hall–Kier alpha value is -1.51. The van der Waals surface area contributed by atoms with Crippen LogP contribution in [0.3, 0.4) is 0 Å². The van der Waals surface area contributed by atoms with Crippen LogP contribution in [0.1, 0.15) is 61.8 Å². The minimum Gasteiger partial charge on any atom is -0.241 e. The number of nitrogens with zero attached hydrogens (tertiary/aromatic N) is 1. The minimum absolute atomic E-state index is 0.714. The van der Waals surface area contributed by atoms with Crippen molar-refractivity contribution in [3.05, 3.63) is 50.9 Å². The Balaban J connectivity index is 2.77. The number of benzene rings is 1. The predicted octanol–water partition coefficient (Wildman–Crippen LogP) is 5.82. The second-order valence-electron chi connectivity index (χ2n) is 7.00. The first-order valence-corrected chi connectivity index (χ1v) is 8.05. The number of hydrogen-bond acceptors (Lipinski definition) is 2. The van der Waals surface area contributed by atoms with Gasteiger partial charge in [0.2, 0.25) is 0 Å². The Morgan fingerprint density at radius 3 is 2.18 bits per heavy atom. The summed E-state index contributed by atoms with van der Waals surface area (Å²) in [7, 11) is 0. The average molecular weight is 303 g/mol. The minimum atomic E-state index is -1.75. The summed E-state index contributed by atoms with van der Waals surface area (Å²) in [4.78, 5) is 12.0. The Bertz CT molecular complexity index is 613. The highest BCUT2D eigenvalue weighted by molar-refractivity contribution is 5.48. The molecule has 0 spiro atoms. The second-order valence-corrected chi connectivity index (χ2v) is 7.00. The number of hydrogen-bond donors (Lipinski definition) is 0. The second kappa shape index (κ2) is 5.94. The fourth-order valence-corrected chi connectivity index (χ4v) is 3.61. The molecule has 0 aromatic heterocycles. The fourth-order valence-electron chi connectivity index (χ4n) is 3.61. The Labute approximate surface area is 132 Å². The van der Waals surface area contributed by atoms with Crippen LogP contribution in [-0.4, -0.2) is 5.67 Å². The fraction of sp³-hybridized carbons (Fsp3) is 0.579. The summed E-state index contributed by atoms with van der Waals surface area (Å²) in [6, 6.07) is 3.97. The molecule has 0 amide bonds. The van der Waals surface area contributed by atoms with Crippen molar-refractivity contribution >= 4 is 0 Å². The molecule has 120 valence electrons. The van der Waals surface area contributed by atoms with E-state index in [1.54, 1.807) is 0 Å². The van der Waals surface area contributed by atoms with E-state index in [2.05, 4.69) is 5.18 Å². The summed E-state index contributed by atoms with van der Waals surface area (Å²) in [5.41, 5.74) is 1.53. The number of aryl methyl sites for hydroxylation is 3. The highest BCUT2D eigenvalue weighted by Gasteiger charge is 2.52. The zero-order valence-corrected chi connectivity index (χ0v) is 14.3. The standard InChI is InChI=1S/C19H26FNO/c1-13-11-15(3)17(12-14(13)2)19(21-22,18(4,5)20)16-9-7-6-8-10-16/h9,11-12H,6-8,10H2,1-5H3. The maximum absolute atomic E-state index is 15.3. The van der Waals surface area contributed by atoms with Gasteiger partial charge in [0.25, 0.3) is 0 Å². The molecule has 1 aromatic carbocycles. The molecule has 0 saturated heterocycles. The van der Waals surface area contributed by atoms with E-state index in [9.17, 15) is 4.91 Å². The van der Waals surface area contributed by atoms with Crippen molar-refractivity contribution in [3.63, 3.8) is 0 Å². The van der Waals surface area contributed by atoms with Crippen LogP contribution in [0, 0.1) is 25.7 Å². The van der Waals surface area contributed by atoms with Crippen LogP contribution in [0.4, 0.5) is 4.39 Å². The average Bonchev–Trinajstić information content (AvgIpc) is 2.45. The van der Waals surface area contributed by atoms with E-state index in [1.807, 2.05) is 39.0 Å². The van der Waals surface area contributed by atoms with Gasteiger partial charge in [0, 0.05) is 0 Å². The molecule has 0 N–H and O–H groups in total. The van der Waals surface area contributed by atoms with Gasteiger partial charge in [-0.1, -0.05) is 23.4 Å². The quantitative estimate of drug-likeness (QED) is 0.509. The topological polar surface area (TPSA) is 29.4 Å². The van der Waals surface area contributed by atoms with E-state index >= 15 is 4.39 Å². The highest BCUT2D eigenvalue weighted by atomic mass is 19.1. The van der Waals surface area contributed by atoms with Gasteiger partial charge in [-0.15, -0.1) is 4.91 Å². The third-order valence-corrected chi connectivity index (χ3v) is 4.98. The molecule has 1 aliphatic rings. The van der Waals surface area contributed by atoms with Crippen LogP contribution >= 0.6 is 0 Å². The van der Waals surface area contributed by atoms with Crippen LogP contribution in [-0.2, 0) is 5.54 Å². The lowest BCUT2D eigenvalue weighted by atomic mass is 9.68. The summed E-state index contributed by atoms with van der Waals surface area (Å²) in [6.45, 7) is 8.91. The van der Waals surface area contributed by atoms with Gasteiger partial charge in [0.1, 0.15) is 5.67 Å². The van der Waals surface area contributed by atoms with Crippen molar-refractivity contribution in [1.82, 2.24) is 0 Å². The van der Waals surface area contributed by atoms with Crippen molar-refractivity contribution < 1.29 is 4.39 Å². The van der Waals surface area contributed by atoms with Gasteiger partial charge >= 0.3 is 0 Å². The lowest BCUT2D eigenvalue weighted by Gasteiger charge is -2.40. The molecule has 0 radical (unpaired) electrons. The molecule has 1 unspecified atom stereocenters. The number of allylic oxidation sites excluding steroid dienone is 1. The Kier molecular flexibility index (Phi) is 4.55. The van der Waals surface area contributed by atoms with Gasteiger partial charge in [-0.25, -0.2) is 4.39 Å². The van der Waals surface area contributed by atoms with Gasteiger partial charge in [0.15, 0.2) is 5.54 Å². The van der Waals surface area contributed by atoms with Crippen molar-refractivity contribution in [2.45, 2.75) is 71.5 Å². The van der Waals surface area contributed by atoms with Crippen LogP contribution < -0.4 is 0 Å². The smallest absolute Gasteiger partial charge is 0.182 e. The molecule has 3 heteroatoms. The monoisotopic (exact) mass is 303 g/mol. The Morgan fingerprint density at radius 2 is 1.68 bits per heavy atom. The molecular formula is C19H26FNO. The van der Waals surface area contributed by atoms with Crippen LogP contribution in [0.2, 0.25) is 0 Å². The predicted molar refractivity (Wildman–Crippen MR) is 89.9 cm³/mol. The molecule has 0 bridgehead atoms. The van der Waals surface area contributed by atoms with E-state index < -0.39 is 11.2 Å². The Morgan fingerprint density at radius 1 is 1.05 bits per heavy atom. The summed E-state index contributed by atoms with van der Waals surface area (Å²) in [5, 5.41) is 3.42. The molecule has 0 saturated carbocycles. The first-order valence-electron chi connectivity index (χ1n) is 8.05. The zero-order chi connectivity index (χ0) is 16.5. The lowest BCUT2D eigenvalue weighted by molar-refractivity contribution is 0.113. The molecular weight excluding hydrogens is 277 g/mol. The zero-order valence-electron chi connectivity index (χ0n) is 14.3. The maximum Gasteiger partial charge on any atom is 0.182 e. The van der Waals surface area contributed by atoms with Crippen LogP contribution in [0.15, 0.2) is 29.0 Å². The summed E-state index contributed by atoms with van der Waals surface area (Å²) < 4.78 is 15.3. The van der Waals surface area contributed by atoms with Gasteiger partial charge in [0.05, 0.1) is 0 Å². The molecule has 0 aliphatic heterocycles. The van der Waals surface area contributed by atoms with Crippen LogP contribution in [0.5, 0.6) is 0 Å². The largest absolute Gasteiger partial charge is 0.241 e. The lowest BCUT2D eigenvalue weighted by Crippen LogP contribution is -2.45. The van der Waals surface area contributed by atoms with Gasteiger partial charge in [-0.05, 0) is 88.1 Å². The van der Waals surface area contributed by atoms with Gasteiger partial charge < -0.3 is 0 Å². The van der Waals surface area contributed by atoms with E-state index in [-0.39, 0.29) is 0 Å². The molecule has 1 aromatic rings. The van der Waals surface area contributed by atoms with Crippen molar-refractivity contribution in [1.29, 1.82) is 0 Å². The van der Waals surface area contributed by atoms with Crippen molar-refractivity contribution in [3.8, 4) is 0 Å². The summed E-state index contributed by atoms with van der Waals surface area (Å²) in [6.07, 6.45) is 5.75. The number of nitroso groups, excluding NO2 is 1. The molecule has 0 heterocycles. The molecule has 0 fully saturated rings. The van der Waals surface area contributed by atoms with E-state index in [0.29, 0.717) is 5.56 Å². The third-order valence-electron chi connectivity index (χ3n) is 4.98. The first-order chi connectivity index (χ1) is 10.2. The van der Waals surface area contributed by atoms with E-state index in [1.165, 1.54) is 13.8 Å². The number of halogens is 1. The molecule has 1 atom stereocenters. The van der Waals surface area contributed by atoms with Gasteiger partial charge in [-0.3, -0.25) is 0 Å². The normalized spacial score (nSPS) is 18.5. The van der Waals surface area contributed by atoms with Crippen molar-refractivity contribution in [2.24, 2.45) is 5.18 Å². The van der Waals surface area contributed by atoms with Gasteiger partial charge in [-0.2, -0.15) is 0 Å². The summed E-state index contributed by atoms with van der Waals surface area (Å²) in [5.74, 6) is 0. The van der Waals surface area contributed by atoms with E-state index in [4.69, 9.17) is 0 Å². The first kappa shape index (κ1) is 16.9. The highest BCUT2D eigenvalue weighted by Crippen LogP contribution is 2.49. The molecule has 22 heavy (non-hydrogen) atoms. The third kappa shape index (κ3) is 2.62. The van der Waals surface area contributed by atoms with Crippen molar-refractivity contribution in [2.75, 3.05) is 0 Å². The van der Waals surface area contributed by atoms with E-state index in [0.717, 1.165) is 47.9 Å².